The molecule has 0 saturated carbocycles. The van der Waals surface area contributed by atoms with Gasteiger partial charge >= 0.3 is 5.97 Å². The SMILES string of the molecule is CCC(C#N)C1(C(=O)O)CC(c2ccc(O)cc2)=CC=C1O. The van der Waals surface area contributed by atoms with Gasteiger partial charge in [-0.05, 0) is 42.2 Å². The minimum absolute atomic E-state index is 0.0293. The summed E-state index contributed by atoms with van der Waals surface area (Å²) in [6, 6.07) is 8.39. The van der Waals surface area contributed by atoms with Crippen LogP contribution in [0.3, 0.4) is 0 Å². The summed E-state index contributed by atoms with van der Waals surface area (Å²) >= 11 is 0. The van der Waals surface area contributed by atoms with Gasteiger partial charge in [0.25, 0.3) is 0 Å². The molecule has 0 saturated heterocycles. The van der Waals surface area contributed by atoms with Crippen LogP contribution >= 0.6 is 0 Å². The Morgan fingerprint density at radius 2 is 1.95 bits per heavy atom. The zero-order valence-corrected chi connectivity index (χ0v) is 12.2. The first-order chi connectivity index (χ1) is 10.5. The second-order valence-corrected chi connectivity index (χ2v) is 5.33. The number of allylic oxidation sites excluding steroid dienone is 3. The first-order valence-electron chi connectivity index (χ1n) is 6.98. The molecule has 0 fully saturated rings. The van der Waals surface area contributed by atoms with Gasteiger partial charge in [-0.1, -0.05) is 25.1 Å². The average Bonchev–Trinajstić information content (AvgIpc) is 2.51. The smallest absolute Gasteiger partial charge is 0.319 e. The number of aliphatic carboxylic acids is 1. The van der Waals surface area contributed by atoms with E-state index >= 15 is 0 Å². The van der Waals surface area contributed by atoms with Gasteiger partial charge in [0.05, 0.1) is 12.0 Å². The lowest BCUT2D eigenvalue weighted by molar-refractivity contribution is -0.150. The van der Waals surface area contributed by atoms with Crippen molar-refractivity contribution in [1.82, 2.24) is 0 Å². The molecule has 3 N–H and O–H groups in total. The molecule has 2 rings (SSSR count). The number of benzene rings is 1. The first kappa shape index (κ1) is 15.6. The Morgan fingerprint density at radius 1 is 1.32 bits per heavy atom. The van der Waals surface area contributed by atoms with Gasteiger partial charge in [0.2, 0.25) is 0 Å². The van der Waals surface area contributed by atoms with Crippen molar-refractivity contribution in [3.8, 4) is 11.8 Å². The molecule has 1 aromatic carbocycles. The zero-order valence-electron chi connectivity index (χ0n) is 12.2. The predicted molar refractivity (Wildman–Crippen MR) is 80.9 cm³/mol. The maximum absolute atomic E-state index is 11.9. The van der Waals surface area contributed by atoms with Gasteiger partial charge in [-0.25, -0.2) is 0 Å². The fourth-order valence-electron chi connectivity index (χ4n) is 2.84. The summed E-state index contributed by atoms with van der Waals surface area (Å²) in [5, 5.41) is 38.5. The third-order valence-electron chi connectivity index (χ3n) is 4.15. The van der Waals surface area contributed by atoms with Gasteiger partial charge in [-0.15, -0.1) is 0 Å². The van der Waals surface area contributed by atoms with Gasteiger partial charge in [0.15, 0.2) is 0 Å². The molecule has 0 heterocycles. The van der Waals surface area contributed by atoms with E-state index in [0.717, 1.165) is 5.56 Å². The Kier molecular flexibility index (Phi) is 4.22. The van der Waals surface area contributed by atoms with Gasteiger partial charge in [-0.3, -0.25) is 4.79 Å². The molecular weight excluding hydrogens is 282 g/mol. The third kappa shape index (κ3) is 2.44. The molecule has 22 heavy (non-hydrogen) atoms. The normalized spacial score (nSPS) is 22.2. The van der Waals surface area contributed by atoms with E-state index in [1.54, 1.807) is 25.1 Å². The van der Waals surface area contributed by atoms with Crippen molar-refractivity contribution in [2.45, 2.75) is 19.8 Å². The standard InChI is InChI=1S/C17H17NO4/c1-2-13(10-18)17(16(21)22)9-12(5-8-15(17)20)11-3-6-14(19)7-4-11/h3-8,13,19-20H,2,9H2,1H3,(H,21,22). The summed E-state index contributed by atoms with van der Waals surface area (Å²) in [4.78, 5) is 11.9. The van der Waals surface area contributed by atoms with Gasteiger partial charge in [-0.2, -0.15) is 5.26 Å². The third-order valence-corrected chi connectivity index (χ3v) is 4.15. The van der Waals surface area contributed by atoms with E-state index < -0.39 is 17.3 Å². The molecule has 0 amide bonds. The molecule has 2 atom stereocenters. The number of carboxylic acid groups (broad SMARTS) is 1. The maximum atomic E-state index is 11.9. The Morgan fingerprint density at radius 3 is 2.45 bits per heavy atom. The monoisotopic (exact) mass is 299 g/mol. The number of aliphatic hydroxyl groups excluding tert-OH is 1. The number of nitriles is 1. The van der Waals surface area contributed by atoms with Crippen LogP contribution in [0.4, 0.5) is 0 Å². The number of phenols is 1. The van der Waals surface area contributed by atoms with Crippen molar-refractivity contribution in [2.75, 3.05) is 0 Å². The zero-order chi connectivity index (χ0) is 16.3. The predicted octanol–water partition coefficient (Wildman–Crippen LogP) is 3.24. The van der Waals surface area contributed by atoms with Crippen molar-refractivity contribution >= 4 is 11.5 Å². The van der Waals surface area contributed by atoms with Crippen LogP contribution in [0.5, 0.6) is 5.75 Å². The average molecular weight is 299 g/mol. The molecular formula is C17H17NO4. The van der Waals surface area contributed by atoms with Crippen molar-refractivity contribution in [3.05, 3.63) is 47.7 Å². The van der Waals surface area contributed by atoms with E-state index in [4.69, 9.17) is 0 Å². The largest absolute Gasteiger partial charge is 0.511 e. The van der Waals surface area contributed by atoms with E-state index in [-0.39, 0.29) is 17.9 Å². The molecule has 0 aromatic heterocycles. The summed E-state index contributed by atoms with van der Waals surface area (Å²) in [5.74, 6) is -2.22. The number of hydrogen-bond donors (Lipinski definition) is 3. The highest BCUT2D eigenvalue weighted by Crippen LogP contribution is 2.47. The Labute approximate surface area is 128 Å². The topological polar surface area (TPSA) is 102 Å². The van der Waals surface area contributed by atoms with Crippen molar-refractivity contribution in [2.24, 2.45) is 11.3 Å². The highest BCUT2D eigenvalue weighted by atomic mass is 16.4. The minimum atomic E-state index is -1.63. The van der Waals surface area contributed by atoms with E-state index in [9.17, 15) is 25.4 Å². The quantitative estimate of drug-likeness (QED) is 0.792. The lowest BCUT2D eigenvalue weighted by Gasteiger charge is -2.35. The summed E-state index contributed by atoms with van der Waals surface area (Å²) < 4.78 is 0. The lowest BCUT2D eigenvalue weighted by atomic mass is 9.66. The minimum Gasteiger partial charge on any atom is -0.511 e. The molecule has 1 aromatic rings. The summed E-state index contributed by atoms with van der Waals surface area (Å²) in [6.07, 6.45) is 3.35. The lowest BCUT2D eigenvalue weighted by Crippen LogP contribution is -2.41. The number of aliphatic hydroxyl groups is 1. The summed E-state index contributed by atoms with van der Waals surface area (Å²) in [6.45, 7) is 1.73. The number of phenolic OH excluding ortho intramolecular Hbond substituents is 1. The first-order valence-corrected chi connectivity index (χ1v) is 6.98. The molecule has 0 bridgehead atoms. The fourth-order valence-corrected chi connectivity index (χ4v) is 2.84. The Balaban J connectivity index is 2.50. The van der Waals surface area contributed by atoms with E-state index in [1.165, 1.54) is 18.2 Å². The molecule has 1 aliphatic rings. The molecule has 0 spiro atoms. The maximum Gasteiger partial charge on any atom is 0.319 e. The van der Waals surface area contributed by atoms with Crippen molar-refractivity contribution in [1.29, 1.82) is 5.26 Å². The molecule has 5 nitrogen and oxygen atoms in total. The molecule has 2 unspecified atom stereocenters. The van der Waals surface area contributed by atoms with Gasteiger partial charge in [0, 0.05) is 0 Å². The second-order valence-electron chi connectivity index (χ2n) is 5.33. The molecule has 5 heteroatoms. The van der Waals surface area contributed by atoms with Crippen LogP contribution in [-0.4, -0.2) is 21.3 Å². The van der Waals surface area contributed by atoms with Crippen LogP contribution in [0.25, 0.3) is 5.57 Å². The number of nitrogens with zero attached hydrogens (tertiary/aromatic N) is 1. The summed E-state index contributed by atoms with van der Waals surface area (Å²) in [5.41, 5.74) is -0.181. The van der Waals surface area contributed by atoms with Crippen molar-refractivity contribution in [3.63, 3.8) is 0 Å². The number of carbonyl (C=O) groups is 1. The highest BCUT2D eigenvalue weighted by molar-refractivity contribution is 5.85. The van der Waals surface area contributed by atoms with Gasteiger partial charge in [0.1, 0.15) is 16.9 Å². The van der Waals surface area contributed by atoms with Gasteiger partial charge < -0.3 is 15.3 Å². The van der Waals surface area contributed by atoms with Crippen LogP contribution in [-0.2, 0) is 4.79 Å². The Bertz CT molecular complexity index is 682. The van der Waals surface area contributed by atoms with Crippen molar-refractivity contribution < 1.29 is 20.1 Å². The van der Waals surface area contributed by atoms with E-state index in [1.807, 2.05) is 6.07 Å². The second kappa shape index (κ2) is 5.94. The highest BCUT2D eigenvalue weighted by Gasteiger charge is 2.51. The van der Waals surface area contributed by atoms with E-state index in [0.29, 0.717) is 12.0 Å². The van der Waals surface area contributed by atoms with Crippen LogP contribution in [0, 0.1) is 22.7 Å². The fraction of sp³-hybridized carbons (Fsp3) is 0.294. The number of aromatic hydroxyl groups is 1. The number of hydrogen-bond acceptors (Lipinski definition) is 4. The Hall–Kier alpha value is -2.74. The molecule has 114 valence electrons. The van der Waals surface area contributed by atoms with E-state index in [2.05, 4.69) is 0 Å². The number of rotatable bonds is 4. The summed E-state index contributed by atoms with van der Waals surface area (Å²) in [7, 11) is 0. The van der Waals surface area contributed by atoms with Crippen LogP contribution < -0.4 is 0 Å². The molecule has 0 aliphatic heterocycles. The molecule has 0 radical (unpaired) electrons. The van der Waals surface area contributed by atoms with Crippen LogP contribution in [0.15, 0.2) is 42.2 Å². The molecule has 1 aliphatic carbocycles. The number of carboxylic acids is 1. The van der Waals surface area contributed by atoms with Crippen LogP contribution in [0.2, 0.25) is 0 Å². The van der Waals surface area contributed by atoms with Crippen LogP contribution in [0.1, 0.15) is 25.3 Å².